The van der Waals surface area contributed by atoms with Gasteiger partial charge in [0.1, 0.15) is 22.0 Å². The molecule has 4 aromatic rings. The fraction of sp³-hybridized carbons (Fsp3) is 0.200. The van der Waals surface area contributed by atoms with Crippen molar-refractivity contribution in [1.29, 1.82) is 0 Å². The quantitative estimate of drug-likeness (QED) is 0.486. The van der Waals surface area contributed by atoms with E-state index in [4.69, 9.17) is 9.15 Å². The molecule has 0 bridgehead atoms. The van der Waals surface area contributed by atoms with Gasteiger partial charge in [0.25, 0.3) is 0 Å². The Hall–Kier alpha value is -2.86. The third-order valence-corrected chi connectivity index (χ3v) is 5.31. The van der Waals surface area contributed by atoms with Crippen LogP contribution in [0.15, 0.2) is 46.2 Å². The Labute approximate surface area is 154 Å². The number of benzene rings is 1. The van der Waals surface area contributed by atoms with E-state index in [-0.39, 0.29) is 5.97 Å². The summed E-state index contributed by atoms with van der Waals surface area (Å²) in [6, 6.07) is 11.9. The van der Waals surface area contributed by atoms with E-state index in [1.54, 1.807) is 11.3 Å². The highest BCUT2D eigenvalue weighted by Gasteiger charge is 2.20. The van der Waals surface area contributed by atoms with Gasteiger partial charge in [-0.3, -0.25) is 0 Å². The smallest absolute Gasteiger partial charge is 0.354 e. The minimum atomic E-state index is -0.353. The fourth-order valence-corrected chi connectivity index (χ4v) is 3.93. The number of thiophene rings is 1. The molecule has 0 spiro atoms. The Morgan fingerprint density at radius 2 is 2.12 bits per heavy atom. The number of aryl methyl sites for hydroxylation is 2. The fourth-order valence-electron chi connectivity index (χ4n) is 3.03. The highest BCUT2D eigenvalue weighted by molar-refractivity contribution is 7.16. The maximum Gasteiger partial charge on any atom is 0.354 e. The van der Waals surface area contributed by atoms with E-state index in [0.717, 1.165) is 32.8 Å². The summed E-state index contributed by atoms with van der Waals surface area (Å²) in [7, 11) is 1.39. The molecule has 132 valence electrons. The van der Waals surface area contributed by atoms with Gasteiger partial charge in [-0.25, -0.2) is 9.78 Å². The summed E-state index contributed by atoms with van der Waals surface area (Å²) in [5.74, 6) is 0.986. The van der Waals surface area contributed by atoms with Crippen molar-refractivity contribution < 1.29 is 13.9 Å². The second kappa shape index (κ2) is 6.46. The molecule has 4 rings (SSSR count). The lowest BCUT2D eigenvalue weighted by molar-refractivity contribution is 0.0589. The van der Waals surface area contributed by atoms with Crippen molar-refractivity contribution in [3.8, 4) is 11.5 Å². The molecule has 0 aliphatic rings. The van der Waals surface area contributed by atoms with Crippen LogP contribution < -0.4 is 0 Å². The largest absolute Gasteiger partial charge is 0.464 e. The first-order chi connectivity index (χ1) is 12.6. The number of nitrogens with zero attached hydrogens (tertiary/aromatic N) is 2. The van der Waals surface area contributed by atoms with E-state index < -0.39 is 0 Å². The highest BCUT2D eigenvalue weighted by Crippen LogP contribution is 2.29. The van der Waals surface area contributed by atoms with Crippen molar-refractivity contribution in [2.45, 2.75) is 20.4 Å². The molecule has 0 atom stereocenters. The second-order valence-corrected chi connectivity index (χ2v) is 7.07. The van der Waals surface area contributed by atoms with Gasteiger partial charge in [-0.2, -0.15) is 0 Å². The molecule has 0 aliphatic heterocycles. The summed E-state index contributed by atoms with van der Waals surface area (Å²) in [5, 5.41) is 3.03. The predicted octanol–water partition coefficient (Wildman–Crippen LogP) is 4.81. The first-order valence-corrected chi connectivity index (χ1v) is 9.13. The van der Waals surface area contributed by atoms with Crippen LogP contribution in [0.4, 0.5) is 0 Å². The molecule has 0 unspecified atom stereocenters. The number of aromatic nitrogens is 2. The van der Waals surface area contributed by atoms with Crippen LogP contribution in [0.25, 0.3) is 21.7 Å². The predicted molar refractivity (Wildman–Crippen MR) is 102 cm³/mol. The first kappa shape index (κ1) is 16.6. The zero-order valence-corrected chi connectivity index (χ0v) is 15.6. The Kier molecular flexibility index (Phi) is 4.12. The molecule has 0 radical (unpaired) electrons. The summed E-state index contributed by atoms with van der Waals surface area (Å²) < 4.78 is 12.8. The summed E-state index contributed by atoms with van der Waals surface area (Å²) in [6.07, 6.45) is 0. The molecule has 0 saturated heterocycles. The second-order valence-electron chi connectivity index (χ2n) is 6.18. The van der Waals surface area contributed by atoms with E-state index in [1.165, 1.54) is 7.11 Å². The Morgan fingerprint density at radius 1 is 1.27 bits per heavy atom. The average Bonchev–Trinajstić information content (AvgIpc) is 3.31. The molecule has 0 aliphatic carbocycles. The first-order valence-electron chi connectivity index (χ1n) is 8.25. The van der Waals surface area contributed by atoms with E-state index >= 15 is 0 Å². The van der Waals surface area contributed by atoms with Crippen LogP contribution in [0.1, 0.15) is 27.5 Å². The number of oxazole rings is 1. The molecule has 0 fully saturated rings. The average molecular weight is 366 g/mol. The lowest BCUT2D eigenvalue weighted by Crippen LogP contribution is -2.11. The van der Waals surface area contributed by atoms with Gasteiger partial charge in [0.2, 0.25) is 5.89 Å². The van der Waals surface area contributed by atoms with Crippen LogP contribution in [-0.2, 0) is 11.3 Å². The van der Waals surface area contributed by atoms with Gasteiger partial charge in [0.05, 0.1) is 13.7 Å². The number of fused-ring (bicyclic) bond motifs is 1. The Morgan fingerprint density at radius 3 is 2.88 bits per heavy atom. The van der Waals surface area contributed by atoms with Gasteiger partial charge < -0.3 is 13.7 Å². The number of rotatable bonds is 4. The van der Waals surface area contributed by atoms with Crippen molar-refractivity contribution in [3.05, 3.63) is 64.5 Å². The van der Waals surface area contributed by atoms with Gasteiger partial charge in [0.15, 0.2) is 0 Å². The van der Waals surface area contributed by atoms with E-state index in [0.29, 0.717) is 18.1 Å². The van der Waals surface area contributed by atoms with Gasteiger partial charge in [-0.15, -0.1) is 11.3 Å². The van der Waals surface area contributed by atoms with E-state index in [2.05, 4.69) is 4.98 Å². The normalized spacial score (nSPS) is 11.2. The van der Waals surface area contributed by atoms with Crippen molar-refractivity contribution in [1.82, 2.24) is 9.55 Å². The van der Waals surface area contributed by atoms with Gasteiger partial charge >= 0.3 is 5.97 Å². The summed E-state index contributed by atoms with van der Waals surface area (Å²) in [4.78, 5) is 17.9. The molecule has 0 amide bonds. The zero-order valence-electron chi connectivity index (χ0n) is 14.8. The van der Waals surface area contributed by atoms with Crippen LogP contribution in [0.3, 0.4) is 0 Å². The molecule has 0 saturated carbocycles. The number of carbonyl (C=O) groups is 1. The maximum absolute atomic E-state index is 12.2. The SMILES string of the molecule is COC(=O)c1cc2ccsc2n1Cc1nc(-c2cccc(C)c2)oc1C. The molecule has 3 heterocycles. The number of ether oxygens (including phenoxy) is 1. The minimum absolute atomic E-state index is 0.353. The standard InChI is InChI=1S/C20H18N2O3S/c1-12-5-4-6-14(9-12)18-21-16(13(2)25-18)11-22-17(20(23)24-3)10-15-7-8-26-19(15)22/h4-10H,11H2,1-3H3. The topological polar surface area (TPSA) is 57.3 Å². The molecule has 0 N–H and O–H groups in total. The maximum atomic E-state index is 12.2. The summed E-state index contributed by atoms with van der Waals surface area (Å²) in [6.45, 7) is 4.39. The highest BCUT2D eigenvalue weighted by atomic mass is 32.1. The molecule has 5 nitrogen and oxygen atoms in total. The van der Waals surface area contributed by atoms with Crippen LogP contribution in [0.2, 0.25) is 0 Å². The Bertz CT molecular complexity index is 1100. The molecule has 3 aromatic heterocycles. The number of methoxy groups -OCH3 is 1. The van der Waals surface area contributed by atoms with E-state index in [1.807, 2.05) is 60.2 Å². The van der Waals surface area contributed by atoms with Crippen molar-refractivity contribution >= 4 is 27.5 Å². The Balaban J connectivity index is 1.75. The summed E-state index contributed by atoms with van der Waals surface area (Å²) in [5.41, 5.74) is 3.42. The van der Waals surface area contributed by atoms with Crippen LogP contribution in [0, 0.1) is 13.8 Å². The van der Waals surface area contributed by atoms with Gasteiger partial charge in [-0.1, -0.05) is 17.7 Å². The van der Waals surface area contributed by atoms with Crippen molar-refractivity contribution in [3.63, 3.8) is 0 Å². The number of esters is 1. The molecule has 26 heavy (non-hydrogen) atoms. The van der Waals surface area contributed by atoms with Crippen LogP contribution in [0.5, 0.6) is 0 Å². The molecular weight excluding hydrogens is 348 g/mol. The summed E-state index contributed by atoms with van der Waals surface area (Å²) >= 11 is 1.59. The van der Waals surface area contributed by atoms with Crippen LogP contribution >= 0.6 is 11.3 Å². The molecular formula is C20H18N2O3S. The van der Waals surface area contributed by atoms with Gasteiger partial charge in [-0.05, 0) is 43.5 Å². The van der Waals surface area contributed by atoms with Gasteiger partial charge in [0, 0.05) is 10.9 Å². The third-order valence-electron chi connectivity index (χ3n) is 4.36. The van der Waals surface area contributed by atoms with Crippen LogP contribution in [-0.4, -0.2) is 22.6 Å². The van der Waals surface area contributed by atoms with Crippen molar-refractivity contribution in [2.24, 2.45) is 0 Å². The lowest BCUT2D eigenvalue weighted by Gasteiger charge is -2.07. The lowest BCUT2D eigenvalue weighted by atomic mass is 10.1. The minimum Gasteiger partial charge on any atom is -0.464 e. The number of hydrogen-bond donors (Lipinski definition) is 0. The van der Waals surface area contributed by atoms with E-state index in [9.17, 15) is 4.79 Å². The third kappa shape index (κ3) is 2.82. The monoisotopic (exact) mass is 366 g/mol. The number of hydrogen-bond acceptors (Lipinski definition) is 5. The zero-order chi connectivity index (χ0) is 18.3. The van der Waals surface area contributed by atoms with Crippen molar-refractivity contribution in [2.75, 3.05) is 7.11 Å². The molecule has 1 aromatic carbocycles. The number of carbonyl (C=O) groups excluding carboxylic acids is 1. The molecule has 6 heteroatoms.